The van der Waals surface area contributed by atoms with Gasteiger partial charge in [0.1, 0.15) is 18.2 Å². The van der Waals surface area contributed by atoms with E-state index in [1.807, 2.05) is 54.6 Å². The number of hydrogen-bond acceptors (Lipinski definition) is 2. The fraction of sp³-hybridized carbons (Fsp3) is 0.136. The lowest BCUT2D eigenvalue weighted by Crippen LogP contribution is -1.97. The SMILES string of the molecule is CCc1cc(OCc2ccccc2)ccc1-c1cc(F)c2cn[nH]c2c1. The smallest absolute Gasteiger partial charge is 0.134 e. The molecule has 1 N–H and O–H groups in total. The molecule has 0 unspecified atom stereocenters. The van der Waals surface area contributed by atoms with E-state index in [0.717, 1.165) is 34.4 Å². The van der Waals surface area contributed by atoms with Crippen molar-refractivity contribution < 1.29 is 9.13 Å². The van der Waals surface area contributed by atoms with Crippen molar-refractivity contribution in [2.75, 3.05) is 0 Å². The Labute approximate surface area is 151 Å². The lowest BCUT2D eigenvalue weighted by molar-refractivity contribution is 0.306. The van der Waals surface area contributed by atoms with Crippen LogP contribution in [0.4, 0.5) is 4.39 Å². The van der Waals surface area contributed by atoms with Crippen molar-refractivity contribution in [3.05, 3.63) is 83.8 Å². The molecule has 4 aromatic rings. The molecule has 3 nitrogen and oxygen atoms in total. The van der Waals surface area contributed by atoms with Gasteiger partial charge in [-0.05, 0) is 52.9 Å². The molecule has 0 spiro atoms. The van der Waals surface area contributed by atoms with E-state index in [2.05, 4.69) is 17.1 Å². The van der Waals surface area contributed by atoms with Crippen LogP contribution in [0.3, 0.4) is 0 Å². The van der Waals surface area contributed by atoms with E-state index in [0.29, 0.717) is 17.5 Å². The van der Waals surface area contributed by atoms with Gasteiger partial charge in [0.05, 0.1) is 17.1 Å². The van der Waals surface area contributed by atoms with Gasteiger partial charge in [0.15, 0.2) is 0 Å². The molecule has 1 heterocycles. The Hall–Kier alpha value is -3.14. The van der Waals surface area contributed by atoms with Crippen LogP contribution in [0.15, 0.2) is 66.9 Å². The molecule has 26 heavy (non-hydrogen) atoms. The monoisotopic (exact) mass is 346 g/mol. The summed E-state index contributed by atoms with van der Waals surface area (Å²) in [7, 11) is 0. The van der Waals surface area contributed by atoms with Crippen LogP contribution in [0, 0.1) is 5.82 Å². The van der Waals surface area contributed by atoms with Gasteiger partial charge in [-0.1, -0.05) is 43.3 Å². The van der Waals surface area contributed by atoms with Gasteiger partial charge in [0, 0.05) is 0 Å². The van der Waals surface area contributed by atoms with Crippen LogP contribution >= 0.6 is 0 Å². The maximum atomic E-state index is 14.3. The van der Waals surface area contributed by atoms with E-state index in [1.165, 1.54) is 6.20 Å². The fourth-order valence-electron chi connectivity index (χ4n) is 3.14. The Balaban J connectivity index is 1.64. The average Bonchev–Trinajstić information content (AvgIpc) is 3.16. The van der Waals surface area contributed by atoms with Gasteiger partial charge in [-0.2, -0.15) is 5.10 Å². The van der Waals surface area contributed by atoms with Crippen LogP contribution in [0.25, 0.3) is 22.0 Å². The maximum absolute atomic E-state index is 14.3. The number of aromatic amines is 1. The predicted octanol–water partition coefficient (Wildman–Crippen LogP) is 5.51. The molecule has 0 aliphatic carbocycles. The molecule has 0 fully saturated rings. The topological polar surface area (TPSA) is 37.9 Å². The summed E-state index contributed by atoms with van der Waals surface area (Å²) in [6.45, 7) is 2.61. The van der Waals surface area contributed by atoms with E-state index < -0.39 is 0 Å². The molecule has 4 rings (SSSR count). The Morgan fingerprint density at radius 1 is 1.04 bits per heavy atom. The predicted molar refractivity (Wildman–Crippen MR) is 102 cm³/mol. The highest BCUT2D eigenvalue weighted by Gasteiger charge is 2.11. The number of benzene rings is 3. The summed E-state index contributed by atoms with van der Waals surface area (Å²) in [5.41, 5.74) is 4.79. The highest BCUT2D eigenvalue weighted by Crippen LogP contribution is 2.31. The van der Waals surface area contributed by atoms with Gasteiger partial charge in [-0.3, -0.25) is 5.10 Å². The Morgan fingerprint density at radius 3 is 2.69 bits per heavy atom. The van der Waals surface area contributed by atoms with E-state index in [-0.39, 0.29) is 5.82 Å². The molecule has 1 aromatic heterocycles. The molecule has 0 bridgehead atoms. The van der Waals surface area contributed by atoms with E-state index in [9.17, 15) is 4.39 Å². The van der Waals surface area contributed by atoms with Crippen LogP contribution in [0.2, 0.25) is 0 Å². The Kier molecular flexibility index (Phi) is 4.40. The summed E-state index contributed by atoms with van der Waals surface area (Å²) in [4.78, 5) is 0. The number of aromatic nitrogens is 2. The van der Waals surface area contributed by atoms with E-state index in [1.54, 1.807) is 6.07 Å². The molecule has 0 amide bonds. The van der Waals surface area contributed by atoms with Gasteiger partial charge in [-0.25, -0.2) is 4.39 Å². The molecule has 0 aliphatic heterocycles. The van der Waals surface area contributed by atoms with Gasteiger partial charge in [0.2, 0.25) is 0 Å². The number of nitrogens with one attached hydrogen (secondary N) is 1. The molecule has 0 atom stereocenters. The largest absolute Gasteiger partial charge is 0.489 e. The molecular formula is C22H19FN2O. The molecule has 0 aliphatic rings. The maximum Gasteiger partial charge on any atom is 0.134 e. The minimum atomic E-state index is -0.266. The van der Waals surface area contributed by atoms with Crippen LogP contribution < -0.4 is 4.74 Å². The highest BCUT2D eigenvalue weighted by atomic mass is 19.1. The number of halogens is 1. The molecule has 4 heteroatoms. The number of fused-ring (bicyclic) bond motifs is 1. The van der Waals surface area contributed by atoms with Crippen molar-refractivity contribution in [3.8, 4) is 16.9 Å². The summed E-state index contributed by atoms with van der Waals surface area (Å²) in [5, 5.41) is 7.27. The highest BCUT2D eigenvalue weighted by molar-refractivity contribution is 5.85. The van der Waals surface area contributed by atoms with E-state index in [4.69, 9.17) is 4.74 Å². The summed E-state index contributed by atoms with van der Waals surface area (Å²) in [6, 6.07) is 19.5. The first kappa shape index (κ1) is 16.3. The van der Waals surface area contributed by atoms with Gasteiger partial charge in [-0.15, -0.1) is 0 Å². The molecule has 0 saturated heterocycles. The lowest BCUT2D eigenvalue weighted by atomic mass is 9.97. The fourth-order valence-corrected chi connectivity index (χ4v) is 3.14. The quantitative estimate of drug-likeness (QED) is 0.517. The molecular weight excluding hydrogens is 327 g/mol. The Morgan fingerprint density at radius 2 is 1.88 bits per heavy atom. The van der Waals surface area contributed by atoms with E-state index >= 15 is 0 Å². The first-order chi connectivity index (χ1) is 12.7. The number of rotatable bonds is 5. The second-order valence-electron chi connectivity index (χ2n) is 6.24. The summed E-state index contributed by atoms with van der Waals surface area (Å²) < 4.78 is 20.2. The number of hydrogen-bond donors (Lipinski definition) is 1. The van der Waals surface area contributed by atoms with Crippen LogP contribution in [-0.4, -0.2) is 10.2 Å². The van der Waals surface area contributed by atoms with Crippen molar-refractivity contribution in [1.82, 2.24) is 10.2 Å². The molecule has 130 valence electrons. The third-order valence-electron chi connectivity index (χ3n) is 4.53. The van der Waals surface area contributed by atoms with Crippen molar-refractivity contribution in [1.29, 1.82) is 0 Å². The molecule has 0 saturated carbocycles. The minimum Gasteiger partial charge on any atom is -0.489 e. The third-order valence-corrected chi connectivity index (χ3v) is 4.53. The lowest BCUT2D eigenvalue weighted by Gasteiger charge is -2.12. The first-order valence-corrected chi connectivity index (χ1v) is 8.67. The standard InChI is InChI=1S/C22H19FN2O/c1-2-16-10-18(26-14-15-6-4-3-5-7-15)8-9-19(16)17-11-21(23)20-13-24-25-22(20)12-17/h3-13H,2,14H2,1H3,(H,24,25). The zero-order valence-electron chi connectivity index (χ0n) is 14.5. The summed E-state index contributed by atoms with van der Waals surface area (Å²) in [5.74, 6) is 0.551. The number of ether oxygens (including phenoxy) is 1. The van der Waals surface area contributed by atoms with Crippen LogP contribution in [0.1, 0.15) is 18.1 Å². The van der Waals surface area contributed by atoms with Gasteiger partial charge >= 0.3 is 0 Å². The zero-order chi connectivity index (χ0) is 17.9. The average molecular weight is 346 g/mol. The molecule has 0 radical (unpaired) electrons. The third kappa shape index (κ3) is 3.18. The summed E-state index contributed by atoms with van der Waals surface area (Å²) >= 11 is 0. The number of aryl methyl sites for hydroxylation is 1. The summed E-state index contributed by atoms with van der Waals surface area (Å²) in [6.07, 6.45) is 2.34. The van der Waals surface area contributed by atoms with Crippen LogP contribution in [0.5, 0.6) is 5.75 Å². The zero-order valence-corrected chi connectivity index (χ0v) is 14.5. The van der Waals surface area contributed by atoms with Crippen LogP contribution in [-0.2, 0) is 13.0 Å². The van der Waals surface area contributed by atoms with Crippen molar-refractivity contribution >= 4 is 10.9 Å². The molecule has 3 aromatic carbocycles. The number of H-pyrrole nitrogens is 1. The second-order valence-corrected chi connectivity index (χ2v) is 6.24. The van der Waals surface area contributed by atoms with Gasteiger partial charge in [0.25, 0.3) is 0 Å². The number of nitrogens with zero attached hydrogens (tertiary/aromatic N) is 1. The Bertz CT molecular complexity index is 1040. The van der Waals surface area contributed by atoms with Crippen molar-refractivity contribution in [3.63, 3.8) is 0 Å². The van der Waals surface area contributed by atoms with Gasteiger partial charge < -0.3 is 4.74 Å². The second kappa shape index (κ2) is 7.00. The normalized spacial score (nSPS) is 11.0. The van der Waals surface area contributed by atoms with Crippen molar-refractivity contribution in [2.45, 2.75) is 20.0 Å². The minimum absolute atomic E-state index is 0.266. The van der Waals surface area contributed by atoms with Crippen molar-refractivity contribution in [2.24, 2.45) is 0 Å². The first-order valence-electron chi connectivity index (χ1n) is 8.67.